The minimum atomic E-state index is -0.784. The topological polar surface area (TPSA) is 66.6 Å². The van der Waals surface area contributed by atoms with Crippen LogP contribution in [0, 0.1) is 11.2 Å². The quantitative estimate of drug-likeness (QED) is 0.893. The summed E-state index contributed by atoms with van der Waals surface area (Å²) in [4.78, 5) is 14.2. The molecule has 3 N–H and O–H groups in total. The molecule has 0 spiro atoms. The highest BCUT2D eigenvalue weighted by molar-refractivity contribution is 6.05. The van der Waals surface area contributed by atoms with E-state index in [1.165, 1.54) is 30.6 Å². The second-order valence-electron chi connectivity index (χ2n) is 5.59. The molecule has 2 rings (SSSR count). The number of fused-ring (bicyclic) bond motifs is 1. The van der Waals surface area contributed by atoms with Crippen LogP contribution in [-0.4, -0.2) is 22.4 Å². The molecule has 0 saturated carbocycles. The van der Waals surface area contributed by atoms with Crippen LogP contribution in [0.2, 0.25) is 0 Å². The number of nitrogens with zero attached hydrogens (tertiary/aromatic N) is 1. The number of ketones is 1. The van der Waals surface area contributed by atoms with Gasteiger partial charge in [-0.05, 0) is 30.0 Å². The van der Waals surface area contributed by atoms with Gasteiger partial charge in [-0.25, -0.2) is 4.39 Å². The lowest BCUT2D eigenvalue weighted by Gasteiger charge is -2.37. The third-order valence-electron chi connectivity index (χ3n) is 3.98. The third-order valence-corrected chi connectivity index (χ3v) is 3.98. The smallest absolute Gasteiger partial charge is 0.171 e. The molecule has 0 aromatic heterocycles. The number of halogens is 1. The van der Waals surface area contributed by atoms with E-state index in [1.54, 1.807) is 18.7 Å². The average Bonchev–Trinajstić information content (AvgIpc) is 2.64. The van der Waals surface area contributed by atoms with Crippen molar-refractivity contribution in [3.63, 3.8) is 0 Å². The van der Waals surface area contributed by atoms with Crippen LogP contribution in [0.15, 0.2) is 42.9 Å². The lowest BCUT2D eigenvalue weighted by atomic mass is 9.83. The first-order valence-corrected chi connectivity index (χ1v) is 6.65. The summed E-state index contributed by atoms with van der Waals surface area (Å²) in [6.07, 6.45) is 2.76. The molecule has 1 atom stereocenters. The van der Waals surface area contributed by atoms with Crippen LogP contribution in [0.1, 0.15) is 35.8 Å². The van der Waals surface area contributed by atoms with Gasteiger partial charge in [0, 0.05) is 11.8 Å². The maximum absolute atomic E-state index is 13.6. The molecule has 1 aromatic rings. The van der Waals surface area contributed by atoms with Crippen molar-refractivity contribution in [1.82, 2.24) is 4.90 Å². The van der Waals surface area contributed by atoms with E-state index >= 15 is 0 Å². The highest BCUT2D eigenvalue weighted by Gasteiger charge is 2.49. The number of Topliss-reactive ketones (excluding diaryl/α,β-unsaturated/α-hetero) is 1. The van der Waals surface area contributed by atoms with Crippen molar-refractivity contribution >= 4 is 5.78 Å². The van der Waals surface area contributed by atoms with Gasteiger partial charge in [-0.1, -0.05) is 20.4 Å². The fourth-order valence-electron chi connectivity index (χ4n) is 2.93. The van der Waals surface area contributed by atoms with Crippen molar-refractivity contribution in [2.75, 3.05) is 6.61 Å². The highest BCUT2D eigenvalue weighted by Crippen LogP contribution is 2.49. The number of aliphatic hydroxyl groups is 1. The average molecular weight is 290 g/mol. The standard InChI is InChI=1S/C16H19FN2O2/c1-4-19(11(8-18)9-20)14-13-7-10(17)5-6-12(13)15(21)16(14,2)3/h4-8,14,20H,1,9,18H2,2-3H3/b11-8-. The molecule has 0 bridgehead atoms. The Kier molecular flexibility index (Phi) is 3.87. The molecule has 21 heavy (non-hydrogen) atoms. The largest absolute Gasteiger partial charge is 0.403 e. The highest BCUT2D eigenvalue weighted by atomic mass is 19.1. The number of benzene rings is 1. The van der Waals surface area contributed by atoms with E-state index in [9.17, 15) is 14.3 Å². The van der Waals surface area contributed by atoms with E-state index < -0.39 is 17.3 Å². The maximum atomic E-state index is 13.6. The molecule has 112 valence electrons. The van der Waals surface area contributed by atoms with E-state index in [4.69, 9.17) is 5.73 Å². The molecule has 5 heteroatoms. The number of carbonyl (C=O) groups is 1. The number of aliphatic hydroxyl groups excluding tert-OH is 1. The van der Waals surface area contributed by atoms with Crippen molar-refractivity contribution in [3.8, 4) is 0 Å². The van der Waals surface area contributed by atoms with E-state index in [1.807, 2.05) is 0 Å². The minimum absolute atomic E-state index is 0.0661. The predicted molar refractivity (Wildman–Crippen MR) is 78.6 cm³/mol. The summed E-state index contributed by atoms with van der Waals surface area (Å²) in [5.74, 6) is -0.473. The Hall–Kier alpha value is -2.14. The minimum Gasteiger partial charge on any atom is -0.403 e. The van der Waals surface area contributed by atoms with Crippen LogP contribution >= 0.6 is 0 Å². The molecule has 4 nitrogen and oxygen atoms in total. The van der Waals surface area contributed by atoms with Crippen molar-refractivity contribution in [3.05, 3.63) is 59.8 Å². The number of rotatable bonds is 4. The van der Waals surface area contributed by atoms with Crippen LogP contribution < -0.4 is 5.73 Å². The molecule has 0 aliphatic heterocycles. The van der Waals surface area contributed by atoms with Gasteiger partial charge in [0.15, 0.2) is 5.78 Å². The molecule has 0 saturated heterocycles. The van der Waals surface area contributed by atoms with Crippen LogP contribution in [0.25, 0.3) is 0 Å². The lowest BCUT2D eigenvalue weighted by molar-refractivity contribution is 0.0747. The lowest BCUT2D eigenvalue weighted by Crippen LogP contribution is -2.35. The van der Waals surface area contributed by atoms with Gasteiger partial charge in [0.05, 0.1) is 23.8 Å². The summed E-state index contributed by atoms with van der Waals surface area (Å²) in [6.45, 7) is 7.01. The number of nitrogens with two attached hydrogens (primary N) is 1. The summed E-state index contributed by atoms with van der Waals surface area (Å²) < 4.78 is 13.6. The van der Waals surface area contributed by atoms with E-state index in [-0.39, 0.29) is 12.4 Å². The number of carbonyl (C=O) groups excluding carboxylic acids is 1. The zero-order valence-electron chi connectivity index (χ0n) is 12.1. The van der Waals surface area contributed by atoms with Crippen LogP contribution in [0.3, 0.4) is 0 Å². The van der Waals surface area contributed by atoms with Gasteiger partial charge < -0.3 is 15.7 Å². The van der Waals surface area contributed by atoms with Crippen LogP contribution in [-0.2, 0) is 0 Å². The van der Waals surface area contributed by atoms with Gasteiger partial charge in [0.25, 0.3) is 0 Å². The molecule has 1 aliphatic rings. The molecule has 0 heterocycles. The normalized spacial score (nSPS) is 20.3. The zero-order valence-corrected chi connectivity index (χ0v) is 12.1. The van der Waals surface area contributed by atoms with E-state index in [2.05, 4.69) is 6.58 Å². The SMILES string of the molecule is C=CN(/C(=C\N)CO)C1c2cc(F)ccc2C(=O)C1(C)C. The summed E-state index contributed by atoms with van der Waals surface area (Å²) in [7, 11) is 0. The number of hydrogen-bond donors (Lipinski definition) is 2. The summed E-state index contributed by atoms with van der Waals surface area (Å²) in [5, 5.41) is 9.43. The Bertz CT molecular complexity index is 623. The Labute approximate surface area is 123 Å². The number of hydrogen-bond acceptors (Lipinski definition) is 4. The van der Waals surface area contributed by atoms with Crippen molar-refractivity contribution in [1.29, 1.82) is 0 Å². The first-order valence-electron chi connectivity index (χ1n) is 6.65. The molecular weight excluding hydrogens is 271 g/mol. The Morgan fingerprint density at radius 2 is 2.24 bits per heavy atom. The molecule has 0 radical (unpaired) electrons. The predicted octanol–water partition coefficient (Wildman–Crippen LogP) is 2.33. The van der Waals surface area contributed by atoms with Gasteiger partial charge in [0.1, 0.15) is 5.82 Å². The summed E-state index contributed by atoms with van der Waals surface area (Å²) in [6, 6.07) is 3.67. The van der Waals surface area contributed by atoms with Crippen molar-refractivity contribution in [2.24, 2.45) is 11.1 Å². The molecule has 1 aromatic carbocycles. The molecule has 0 amide bonds. The molecule has 0 fully saturated rings. The maximum Gasteiger partial charge on any atom is 0.171 e. The third kappa shape index (κ3) is 2.23. The van der Waals surface area contributed by atoms with Gasteiger partial charge >= 0.3 is 0 Å². The van der Waals surface area contributed by atoms with Crippen molar-refractivity contribution in [2.45, 2.75) is 19.9 Å². The molecule has 1 aliphatic carbocycles. The molecule has 1 unspecified atom stereocenters. The van der Waals surface area contributed by atoms with Crippen molar-refractivity contribution < 1.29 is 14.3 Å². The first kappa shape index (κ1) is 15.3. The van der Waals surface area contributed by atoms with Gasteiger partial charge in [-0.2, -0.15) is 0 Å². The van der Waals surface area contributed by atoms with Gasteiger partial charge in [-0.15, -0.1) is 0 Å². The Morgan fingerprint density at radius 1 is 1.57 bits per heavy atom. The Morgan fingerprint density at radius 3 is 2.76 bits per heavy atom. The second-order valence-corrected chi connectivity index (χ2v) is 5.59. The van der Waals surface area contributed by atoms with Gasteiger partial charge in [0.2, 0.25) is 0 Å². The fraction of sp³-hybridized carbons (Fsp3) is 0.312. The van der Waals surface area contributed by atoms with E-state index in [0.717, 1.165) is 0 Å². The van der Waals surface area contributed by atoms with Gasteiger partial charge in [-0.3, -0.25) is 4.79 Å². The monoisotopic (exact) mass is 290 g/mol. The zero-order chi connectivity index (χ0) is 15.8. The van der Waals surface area contributed by atoms with Crippen LogP contribution in [0.4, 0.5) is 4.39 Å². The van der Waals surface area contributed by atoms with Crippen LogP contribution in [0.5, 0.6) is 0 Å². The Balaban J connectivity index is 2.64. The summed E-state index contributed by atoms with van der Waals surface area (Å²) >= 11 is 0. The fourth-order valence-corrected chi connectivity index (χ4v) is 2.93. The summed E-state index contributed by atoms with van der Waals surface area (Å²) in [5.41, 5.74) is 6.23. The molecular formula is C16H19FN2O2. The van der Waals surface area contributed by atoms with E-state index in [0.29, 0.717) is 16.8 Å². The first-order chi connectivity index (χ1) is 9.88. The second kappa shape index (κ2) is 5.33.